The van der Waals surface area contributed by atoms with Gasteiger partial charge in [0.1, 0.15) is 0 Å². The predicted octanol–water partition coefficient (Wildman–Crippen LogP) is 1.52. The first-order valence-corrected chi connectivity index (χ1v) is 6.26. The summed E-state index contributed by atoms with van der Waals surface area (Å²) in [6, 6.07) is 2.01. The second-order valence-electron chi connectivity index (χ2n) is 4.95. The second-order valence-corrected chi connectivity index (χ2v) is 4.95. The maximum Gasteiger partial charge on any atom is 0.0993 e. The number of rotatable bonds is 3. The van der Waals surface area contributed by atoms with E-state index in [1.54, 1.807) is 0 Å². The molecule has 0 atom stereocenters. The third-order valence-electron chi connectivity index (χ3n) is 3.32. The highest BCUT2D eigenvalue weighted by atomic mass is 15.3. The molecule has 1 saturated carbocycles. The van der Waals surface area contributed by atoms with Gasteiger partial charge < -0.3 is 5.73 Å². The fraction of sp³-hybridized carbons (Fsp3) is 0.462. The van der Waals surface area contributed by atoms with Gasteiger partial charge in [-0.05, 0) is 31.4 Å². The molecule has 0 aromatic carbocycles. The Labute approximate surface area is 106 Å². The van der Waals surface area contributed by atoms with Gasteiger partial charge in [0.25, 0.3) is 0 Å². The zero-order valence-corrected chi connectivity index (χ0v) is 10.7. The average molecular weight is 243 g/mol. The first-order chi connectivity index (χ1) is 8.69. The molecule has 2 heterocycles. The van der Waals surface area contributed by atoms with Gasteiger partial charge in [0.05, 0.1) is 17.1 Å². The standard InChI is InChI=1S/C13H17N5/c1-8-5-10(6-14)15-16-12(8)11-7-18(2)17-13(11)9-3-4-9/h5,7,9H,3-4,6,14H2,1-2H3. The summed E-state index contributed by atoms with van der Waals surface area (Å²) in [6.45, 7) is 2.48. The summed E-state index contributed by atoms with van der Waals surface area (Å²) in [5, 5.41) is 13.0. The van der Waals surface area contributed by atoms with Crippen molar-refractivity contribution in [1.82, 2.24) is 20.0 Å². The summed E-state index contributed by atoms with van der Waals surface area (Å²) in [7, 11) is 1.95. The van der Waals surface area contributed by atoms with Gasteiger partial charge in [0.2, 0.25) is 0 Å². The first kappa shape index (κ1) is 11.3. The van der Waals surface area contributed by atoms with Gasteiger partial charge in [-0.15, -0.1) is 5.10 Å². The summed E-state index contributed by atoms with van der Waals surface area (Å²) in [4.78, 5) is 0. The second kappa shape index (κ2) is 4.17. The van der Waals surface area contributed by atoms with Crippen molar-refractivity contribution in [2.45, 2.75) is 32.2 Å². The number of aromatic nitrogens is 4. The number of hydrogen-bond donors (Lipinski definition) is 1. The van der Waals surface area contributed by atoms with Crippen molar-refractivity contribution < 1.29 is 0 Å². The lowest BCUT2D eigenvalue weighted by Crippen LogP contribution is -2.03. The van der Waals surface area contributed by atoms with Crippen LogP contribution in [0.15, 0.2) is 12.3 Å². The molecule has 94 valence electrons. The Morgan fingerprint density at radius 3 is 2.78 bits per heavy atom. The van der Waals surface area contributed by atoms with Crippen LogP contribution in [0.2, 0.25) is 0 Å². The molecule has 5 nitrogen and oxygen atoms in total. The highest BCUT2D eigenvalue weighted by Gasteiger charge is 2.30. The van der Waals surface area contributed by atoms with E-state index in [2.05, 4.69) is 15.3 Å². The number of nitrogens with zero attached hydrogens (tertiary/aromatic N) is 4. The van der Waals surface area contributed by atoms with Crippen LogP contribution in [-0.2, 0) is 13.6 Å². The Balaban J connectivity index is 2.08. The molecule has 0 spiro atoms. The predicted molar refractivity (Wildman–Crippen MR) is 68.8 cm³/mol. The Hall–Kier alpha value is -1.75. The van der Waals surface area contributed by atoms with Gasteiger partial charge in [-0.2, -0.15) is 10.2 Å². The molecule has 0 bridgehead atoms. The quantitative estimate of drug-likeness (QED) is 0.887. The van der Waals surface area contributed by atoms with Crippen molar-refractivity contribution in [3.05, 3.63) is 29.2 Å². The molecular weight excluding hydrogens is 226 g/mol. The van der Waals surface area contributed by atoms with Gasteiger partial charge >= 0.3 is 0 Å². The summed E-state index contributed by atoms with van der Waals surface area (Å²) in [5.74, 6) is 0.608. The van der Waals surface area contributed by atoms with Crippen molar-refractivity contribution in [2.24, 2.45) is 12.8 Å². The number of hydrogen-bond acceptors (Lipinski definition) is 4. The highest BCUT2D eigenvalue weighted by Crippen LogP contribution is 2.43. The van der Waals surface area contributed by atoms with Crippen molar-refractivity contribution in [3.8, 4) is 11.3 Å². The molecule has 2 aromatic heterocycles. The number of aryl methyl sites for hydroxylation is 2. The van der Waals surface area contributed by atoms with Crippen LogP contribution in [0, 0.1) is 6.92 Å². The molecular formula is C13H17N5. The van der Waals surface area contributed by atoms with E-state index in [0.717, 1.165) is 28.2 Å². The smallest absolute Gasteiger partial charge is 0.0993 e. The van der Waals surface area contributed by atoms with Gasteiger partial charge in [-0.1, -0.05) is 0 Å². The van der Waals surface area contributed by atoms with E-state index < -0.39 is 0 Å². The molecule has 2 N–H and O–H groups in total. The molecule has 1 fully saturated rings. The molecule has 0 amide bonds. The first-order valence-electron chi connectivity index (χ1n) is 6.26. The topological polar surface area (TPSA) is 69.6 Å². The summed E-state index contributed by atoms with van der Waals surface area (Å²) >= 11 is 0. The lowest BCUT2D eigenvalue weighted by atomic mass is 10.1. The van der Waals surface area contributed by atoms with E-state index >= 15 is 0 Å². The maximum atomic E-state index is 5.58. The molecule has 0 unspecified atom stereocenters. The minimum absolute atomic E-state index is 0.427. The molecule has 1 aliphatic carbocycles. The van der Waals surface area contributed by atoms with Crippen LogP contribution < -0.4 is 5.73 Å². The molecule has 0 radical (unpaired) electrons. The van der Waals surface area contributed by atoms with E-state index in [1.165, 1.54) is 12.8 Å². The molecule has 1 aliphatic rings. The van der Waals surface area contributed by atoms with Crippen molar-refractivity contribution in [1.29, 1.82) is 0 Å². The Bertz CT molecular complexity index is 583. The van der Waals surface area contributed by atoms with E-state index in [1.807, 2.05) is 30.9 Å². The highest BCUT2D eigenvalue weighted by molar-refractivity contribution is 5.65. The van der Waals surface area contributed by atoms with Crippen LogP contribution in [0.1, 0.15) is 35.7 Å². The number of nitrogens with two attached hydrogens (primary N) is 1. The van der Waals surface area contributed by atoms with Crippen molar-refractivity contribution >= 4 is 0 Å². The minimum Gasteiger partial charge on any atom is -0.325 e. The van der Waals surface area contributed by atoms with Crippen LogP contribution in [0.25, 0.3) is 11.3 Å². The van der Waals surface area contributed by atoms with E-state index in [0.29, 0.717) is 12.5 Å². The van der Waals surface area contributed by atoms with Crippen LogP contribution in [0.3, 0.4) is 0 Å². The normalized spacial score (nSPS) is 15.1. The summed E-state index contributed by atoms with van der Waals surface area (Å²) in [5.41, 5.74) is 10.7. The van der Waals surface area contributed by atoms with Crippen molar-refractivity contribution in [2.75, 3.05) is 0 Å². The SMILES string of the molecule is Cc1cc(CN)nnc1-c1cn(C)nc1C1CC1. The third-order valence-corrected chi connectivity index (χ3v) is 3.32. The monoisotopic (exact) mass is 243 g/mol. The van der Waals surface area contributed by atoms with E-state index in [-0.39, 0.29) is 0 Å². The van der Waals surface area contributed by atoms with E-state index in [4.69, 9.17) is 5.73 Å². The zero-order chi connectivity index (χ0) is 12.7. The van der Waals surface area contributed by atoms with Gasteiger partial charge in [0, 0.05) is 31.3 Å². The fourth-order valence-corrected chi connectivity index (χ4v) is 2.25. The Kier molecular flexibility index (Phi) is 2.63. The lowest BCUT2D eigenvalue weighted by Gasteiger charge is -2.05. The fourth-order valence-electron chi connectivity index (χ4n) is 2.25. The zero-order valence-electron chi connectivity index (χ0n) is 10.7. The van der Waals surface area contributed by atoms with Crippen molar-refractivity contribution in [3.63, 3.8) is 0 Å². The maximum absolute atomic E-state index is 5.58. The summed E-state index contributed by atoms with van der Waals surface area (Å²) in [6.07, 6.45) is 4.50. The lowest BCUT2D eigenvalue weighted by molar-refractivity contribution is 0.744. The summed E-state index contributed by atoms with van der Waals surface area (Å²) < 4.78 is 1.86. The van der Waals surface area contributed by atoms with E-state index in [9.17, 15) is 0 Å². The largest absolute Gasteiger partial charge is 0.325 e. The molecule has 0 aliphatic heterocycles. The van der Waals surface area contributed by atoms with Gasteiger partial charge in [-0.3, -0.25) is 4.68 Å². The van der Waals surface area contributed by atoms with Crippen LogP contribution >= 0.6 is 0 Å². The molecule has 0 saturated heterocycles. The third kappa shape index (κ3) is 1.90. The average Bonchev–Trinajstić information content (AvgIpc) is 3.13. The van der Waals surface area contributed by atoms with Gasteiger partial charge in [-0.25, -0.2) is 0 Å². The molecule has 3 rings (SSSR count). The molecule has 2 aromatic rings. The van der Waals surface area contributed by atoms with Crippen LogP contribution in [0.4, 0.5) is 0 Å². The van der Waals surface area contributed by atoms with Gasteiger partial charge in [0.15, 0.2) is 0 Å². The van der Waals surface area contributed by atoms with Crippen LogP contribution in [0.5, 0.6) is 0 Å². The minimum atomic E-state index is 0.427. The Morgan fingerprint density at radius 2 is 2.17 bits per heavy atom. The molecule has 18 heavy (non-hydrogen) atoms. The van der Waals surface area contributed by atoms with Crippen LogP contribution in [-0.4, -0.2) is 20.0 Å². The Morgan fingerprint density at radius 1 is 1.39 bits per heavy atom. The molecule has 5 heteroatoms.